The summed E-state index contributed by atoms with van der Waals surface area (Å²) in [6.45, 7) is 4.97. The summed E-state index contributed by atoms with van der Waals surface area (Å²) in [7, 11) is 0. The van der Waals surface area contributed by atoms with E-state index in [0.717, 1.165) is 24.1 Å². The zero-order valence-corrected chi connectivity index (χ0v) is 15.4. The summed E-state index contributed by atoms with van der Waals surface area (Å²) in [5.41, 5.74) is 6.12. The van der Waals surface area contributed by atoms with E-state index >= 15 is 0 Å². The van der Waals surface area contributed by atoms with Crippen molar-refractivity contribution < 1.29 is 0 Å². The van der Waals surface area contributed by atoms with Crippen LogP contribution in [0, 0.1) is 13.8 Å². The zero-order chi connectivity index (χ0) is 17.1. The van der Waals surface area contributed by atoms with E-state index in [0.29, 0.717) is 16.6 Å². The van der Waals surface area contributed by atoms with Crippen LogP contribution in [0.25, 0.3) is 0 Å². The van der Waals surface area contributed by atoms with Gasteiger partial charge >= 0.3 is 0 Å². The van der Waals surface area contributed by atoms with Crippen LogP contribution in [0.4, 0.5) is 0 Å². The predicted octanol–water partition coefficient (Wildman–Crippen LogP) is 5.64. The van der Waals surface area contributed by atoms with Gasteiger partial charge in [0.2, 0.25) is 0 Å². The molecule has 0 bridgehead atoms. The van der Waals surface area contributed by atoms with Crippen molar-refractivity contribution in [1.82, 2.24) is 9.55 Å². The molecule has 24 heavy (non-hydrogen) atoms. The molecule has 0 radical (unpaired) electrons. The third-order valence-corrected chi connectivity index (χ3v) is 5.07. The summed E-state index contributed by atoms with van der Waals surface area (Å²) in [6.07, 6.45) is 5.85. The van der Waals surface area contributed by atoms with Crippen LogP contribution >= 0.6 is 23.2 Å². The summed E-state index contributed by atoms with van der Waals surface area (Å²) in [5, 5.41) is 1.38. The molecule has 0 N–H and O–H groups in total. The molecule has 4 heteroatoms. The summed E-state index contributed by atoms with van der Waals surface area (Å²) in [5.74, 6) is 0. The summed E-state index contributed by atoms with van der Waals surface area (Å²) < 4.78 is 2.03. The van der Waals surface area contributed by atoms with Crippen LogP contribution in [0.3, 0.4) is 0 Å². The molecule has 0 saturated heterocycles. The van der Waals surface area contributed by atoms with Crippen LogP contribution in [0.1, 0.15) is 27.9 Å². The first kappa shape index (κ1) is 17.1. The first-order valence-corrected chi connectivity index (χ1v) is 8.79. The van der Waals surface area contributed by atoms with Crippen LogP contribution in [-0.4, -0.2) is 9.55 Å². The first-order chi connectivity index (χ1) is 11.5. The molecule has 0 unspecified atom stereocenters. The normalized spacial score (nSPS) is 11.0. The largest absolute Gasteiger partial charge is 0.333 e. The van der Waals surface area contributed by atoms with E-state index in [2.05, 4.69) is 43.2 Å². The lowest BCUT2D eigenvalue weighted by molar-refractivity contribution is 0.795. The quantitative estimate of drug-likeness (QED) is 0.576. The van der Waals surface area contributed by atoms with Gasteiger partial charge in [-0.15, -0.1) is 0 Å². The Kier molecular flexibility index (Phi) is 5.27. The molecule has 0 aliphatic rings. The van der Waals surface area contributed by atoms with Gasteiger partial charge in [0, 0.05) is 21.8 Å². The summed E-state index contributed by atoms with van der Waals surface area (Å²) in [6, 6.07) is 12.0. The Morgan fingerprint density at radius 3 is 2.17 bits per heavy atom. The monoisotopic (exact) mass is 358 g/mol. The van der Waals surface area contributed by atoms with Crippen molar-refractivity contribution in [3.05, 3.63) is 86.9 Å². The summed E-state index contributed by atoms with van der Waals surface area (Å²) >= 11 is 12.5. The minimum Gasteiger partial charge on any atom is -0.333 e. The molecular formula is C20H20Cl2N2. The maximum Gasteiger partial charge on any atom is 0.0952 e. The second-order valence-corrected chi connectivity index (χ2v) is 6.92. The van der Waals surface area contributed by atoms with Gasteiger partial charge in [0.15, 0.2) is 0 Å². The molecule has 0 spiro atoms. The number of aromatic nitrogens is 2. The SMILES string of the molecule is Cc1cccc(C)c1CCc1cn(Cc2c(Cl)cccc2Cl)cn1. The number of imidazole rings is 1. The Bertz CT molecular complexity index is 812. The van der Waals surface area contributed by atoms with Crippen molar-refractivity contribution in [1.29, 1.82) is 0 Å². The van der Waals surface area contributed by atoms with E-state index in [-0.39, 0.29) is 0 Å². The van der Waals surface area contributed by atoms with Gasteiger partial charge in [0.25, 0.3) is 0 Å². The smallest absolute Gasteiger partial charge is 0.0952 e. The lowest BCUT2D eigenvalue weighted by Crippen LogP contribution is -1.99. The zero-order valence-electron chi connectivity index (χ0n) is 13.9. The molecule has 0 atom stereocenters. The molecular weight excluding hydrogens is 339 g/mol. The second kappa shape index (κ2) is 7.42. The van der Waals surface area contributed by atoms with Crippen molar-refractivity contribution in [3.8, 4) is 0 Å². The van der Waals surface area contributed by atoms with Gasteiger partial charge in [-0.05, 0) is 55.5 Å². The minimum absolute atomic E-state index is 0.634. The molecule has 3 aromatic rings. The second-order valence-electron chi connectivity index (χ2n) is 6.11. The number of halogens is 2. The number of nitrogens with zero attached hydrogens (tertiary/aromatic N) is 2. The fraction of sp³-hybridized carbons (Fsp3) is 0.250. The van der Waals surface area contributed by atoms with E-state index < -0.39 is 0 Å². The van der Waals surface area contributed by atoms with Crippen molar-refractivity contribution >= 4 is 23.2 Å². The van der Waals surface area contributed by atoms with E-state index in [1.165, 1.54) is 16.7 Å². The first-order valence-electron chi connectivity index (χ1n) is 8.03. The van der Waals surface area contributed by atoms with Gasteiger partial charge in [-0.25, -0.2) is 4.98 Å². The molecule has 2 nitrogen and oxygen atoms in total. The third-order valence-electron chi connectivity index (χ3n) is 4.36. The van der Waals surface area contributed by atoms with Crippen LogP contribution < -0.4 is 0 Å². The highest BCUT2D eigenvalue weighted by molar-refractivity contribution is 6.35. The standard InChI is InChI=1S/C20H20Cl2N2/c1-14-5-3-6-15(2)17(14)10-9-16-11-24(13-23-16)12-18-19(21)7-4-8-20(18)22/h3-8,11,13H,9-10,12H2,1-2H3. The van der Waals surface area contributed by atoms with E-state index in [1.54, 1.807) is 0 Å². The van der Waals surface area contributed by atoms with Gasteiger partial charge in [-0.1, -0.05) is 47.5 Å². The van der Waals surface area contributed by atoms with Crippen molar-refractivity contribution in [2.45, 2.75) is 33.2 Å². The molecule has 0 saturated carbocycles. The predicted molar refractivity (Wildman–Crippen MR) is 101 cm³/mol. The number of aryl methyl sites for hydroxylation is 3. The third kappa shape index (κ3) is 3.82. The highest BCUT2D eigenvalue weighted by atomic mass is 35.5. The molecule has 1 heterocycles. The van der Waals surface area contributed by atoms with E-state index in [1.807, 2.05) is 29.1 Å². The number of rotatable bonds is 5. The molecule has 0 amide bonds. The molecule has 2 aromatic carbocycles. The Labute approximate surface area is 153 Å². The highest BCUT2D eigenvalue weighted by Gasteiger charge is 2.08. The van der Waals surface area contributed by atoms with Gasteiger partial charge < -0.3 is 4.57 Å². The van der Waals surface area contributed by atoms with Gasteiger partial charge in [0.1, 0.15) is 0 Å². The lowest BCUT2D eigenvalue weighted by Gasteiger charge is -2.08. The topological polar surface area (TPSA) is 17.8 Å². The van der Waals surface area contributed by atoms with Crippen molar-refractivity contribution in [2.24, 2.45) is 0 Å². The van der Waals surface area contributed by atoms with Crippen LogP contribution in [0.5, 0.6) is 0 Å². The Morgan fingerprint density at radius 2 is 1.50 bits per heavy atom. The summed E-state index contributed by atoms with van der Waals surface area (Å²) in [4.78, 5) is 4.52. The Hall–Kier alpha value is -1.77. The average molecular weight is 359 g/mol. The molecule has 124 valence electrons. The number of hydrogen-bond acceptors (Lipinski definition) is 1. The fourth-order valence-electron chi connectivity index (χ4n) is 2.98. The fourth-order valence-corrected chi connectivity index (χ4v) is 3.50. The van der Waals surface area contributed by atoms with Gasteiger partial charge in [0.05, 0.1) is 18.6 Å². The highest BCUT2D eigenvalue weighted by Crippen LogP contribution is 2.25. The van der Waals surface area contributed by atoms with Crippen LogP contribution in [0.2, 0.25) is 10.0 Å². The molecule has 3 rings (SSSR count). The number of benzene rings is 2. The number of hydrogen-bond donors (Lipinski definition) is 0. The van der Waals surface area contributed by atoms with Crippen molar-refractivity contribution in [3.63, 3.8) is 0 Å². The maximum absolute atomic E-state index is 6.24. The van der Waals surface area contributed by atoms with E-state index in [4.69, 9.17) is 23.2 Å². The minimum atomic E-state index is 0.634. The van der Waals surface area contributed by atoms with E-state index in [9.17, 15) is 0 Å². The molecule has 0 aliphatic heterocycles. The molecule has 1 aromatic heterocycles. The molecule has 0 fully saturated rings. The van der Waals surface area contributed by atoms with Gasteiger partial charge in [-0.3, -0.25) is 0 Å². The van der Waals surface area contributed by atoms with Crippen LogP contribution in [0.15, 0.2) is 48.9 Å². The Balaban J connectivity index is 1.70. The van der Waals surface area contributed by atoms with Crippen LogP contribution in [-0.2, 0) is 19.4 Å². The maximum atomic E-state index is 6.24. The van der Waals surface area contributed by atoms with Gasteiger partial charge in [-0.2, -0.15) is 0 Å². The van der Waals surface area contributed by atoms with Crippen molar-refractivity contribution in [2.75, 3.05) is 0 Å². The Morgan fingerprint density at radius 1 is 0.875 bits per heavy atom. The molecule has 0 aliphatic carbocycles. The average Bonchev–Trinajstić information content (AvgIpc) is 2.98. The lowest BCUT2D eigenvalue weighted by atomic mass is 9.98.